The highest BCUT2D eigenvalue weighted by Crippen LogP contribution is 2.34. The van der Waals surface area contributed by atoms with Crippen LogP contribution < -0.4 is 0 Å². The molecule has 0 bridgehead atoms. The van der Waals surface area contributed by atoms with Crippen molar-refractivity contribution >= 4 is 29.0 Å². The van der Waals surface area contributed by atoms with Gasteiger partial charge in [-0.1, -0.05) is 47.5 Å². The quantitative estimate of drug-likeness (QED) is 0.717. The maximum Gasteiger partial charge on any atom is 0.293 e. The zero-order chi connectivity index (χ0) is 18.1. The van der Waals surface area contributed by atoms with Crippen LogP contribution in [0.1, 0.15) is 33.4 Å². The summed E-state index contributed by atoms with van der Waals surface area (Å²) in [6.07, 6.45) is 1.85. The summed E-state index contributed by atoms with van der Waals surface area (Å²) in [6.45, 7) is 8.43. The Labute approximate surface area is 152 Å². The number of imide groups is 1. The molecule has 1 saturated heterocycles. The predicted molar refractivity (Wildman–Crippen MR) is 103 cm³/mol. The van der Waals surface area contributed by atoms with Crippen LogP contribution in [0.5, 0.6) is 0 Å². The lowest BCUT2D eigenvalue weighted by molar-refractivity contribution is -0.123. The molecule has 128 valence electrons. The molecule has 1 aliphatic rings. The Morgan fingerprint density at radius 1 is 0.960 bits per heavy atom. The number of amides is 2. The molecule has 0 atom stereocenters. The first-order chi connectivity index (χ1) is 11.8. The van der Waals surface area contributed by atoms with Crippen LogP contribution >= 0.6 is 11.8 Å². The lowest BCUT2D eigenvalue weighted by Crippen LogP contribution is -2.27. The van der Waals surface area contributed by atoms with Crippen molar-refractivity contribution in [2.45, 2.75) is 34.2 Å². The molecule has 2 aromatic carbocycles. The Bertz CT molecular complexity index is 876. The van der Waals surface area contributed by atoms with Crippen molar-refractivity contribution in [2.75, 3.05) is 0 Å². The molecule has 3 rings (SSSR count). The number of thioether (sulfide) groups is 1. The van der Waals surface area contributed by atoms with Crippen molar-refractivity contribution in [2.24, 2.45) is 0 Å². The fourth-order valence-electron chi connectivity index (χ4n) is 3.18. The molecule has 0 radical (unpaired) electrons. The molecule has 4 heteroatoms. The normalized spacial score (nSPS) is 16.2. The Kier molecular flexibility index (Phi) is 4.82. The number of hydrogen-bond donors (Lipinski definition) is 0. The molecule has 0 aliphatic carbocycles. The Morgan fingerprint density at radius 2 is 1.64 bits per heavy atom. The van der Waals surface area contributed by atoms with Crippen LogP contribution in [0.25, 0.3) is 6.08 Å². The fraction of sp³-hybridized carbons (Fsp3) is 0.238. The van der Waals surface area contributed by atoms with Gasteiger partial charge in [0.25, 0.3) is 11.1 Å². The average molecular weight is 351 g/mol. The van der Waals surface area contributed by atoms with E-state index in [0.717, 1.165) is 39.6 Å². The molecule has 2 aromatic rings. The largest absolute Gasteiger partial charge is 0.293 e. The van der Waals surface area contributed by atoms with Crippen LogP contribution in [0.2, 0.25) is 0 Å². The van der Waals surface area contributed by atoms with Crippen LogP contribution in [0.15, 0.2) is 41.3 Å². The van der Waals surface area contributed by atoms with Gasteiger partial charge in [0.2, 0.25) is 0 Å². The number of hydrogen-bond acceptors (Lipinski definition) is 3. The van der Waals surface area contributed by atoms with Gasteiger partial charge in [0.1, 0.15) is 0 Å². The van der Waals surface area contributed by atoms with Crippen molar-refractivity contribution in [3.8, 4) is 0 Å². The summed E-state index contributed by atoms with van der Waals surface area (Å²) in [5, 5.41) is -0.208. The molecule has 1 aliphatic heterocycles. The van der Waals surface area contributed by atoms with E-state index in [0.29, 0.717) is 11.4 Å². The Balaban J connectivity index is 1.89. The van der Waals surface area contributed by atoms with Crippen LogP contribution in [0.4, 0.5) is 4.79 Å². The minimum Gasteiger partial charge on any atom is -0.268 e. The second-order valence-corrected chi connectivity index (χ2v) is 7.56. The van der Waals surface area contributed by atoms with Gasteiger partial charge in [-0.2, -0.15) is 0 Å². The van der Waals surface area contributed by atoms with E-state index in [1.165, 1.54) is 10.5 Å². The number of rotatable bonds is 3. The molecular weight excluding hydrogens is 330 g/mol. The first-order valence-electron chi connectivity index (χ1n) is 8.24. The average Bonchev–Trinajstić information content (AvgIpc) is 2.78. The molecule has 0 N–H and O–H groups in total. The minimum absolute atomic E-state index is 0.208. The maximum atomic E-state index is 12.7. The molecule has 0 unspecified atom stereocenters. The number of nitrogens with zero attached hydrogens (tertiary/aromatic N) is 1. The Hall–Kier alpha value is -2.33. The highest BCUT2D eigenvalue weighted by molar-refractivity contribution is 8.18. The van der Waals surface area contributed by atoms with E-state index in [1.54, 1.807) is 0 Å². The number of benzene rings is 2. The predicted octanol–water partition coefficient (Wildman–Crippen LogP) is 5.16. The summed E-state index contributed by atoms with van der Waals surface area (Å²) >= 11 is 1.02. The molecule has 0 spiro atoms. The van der Waals surface area contributed by atoms with Crippen molar-refractivity contribution in [1.29, 1.82) is 0 Å². The number of carbonyl (C=O) groups is 2. The topological polar surface area (TPSA) is 37.4 Å². The third kappa shape index (κ3) is 3.69. The molecule has 25 heavy (non-hydrogen) atoms. The lowest BCUT2D eigenvalue weighted by Gasteiger charge is -2.13. The zero-order valence-electron chi connectivity index (χ0n) is 14.9. The summed E-state index contributed by atoms with van der Waals surface area (Å²) in [7, 11) is 0. The summed E-state index contributed by atoms with van der Waals surface area (Å²) in [5.41, 5.74) is 6.52. The van der Waals surface area contributed by atoms with Gasteiger partial charge in [-0.05, 0) is 67.8 Å². The first kappa shape index (κ1) is 17.5. The third-order valence-electron chi connectivity index (χ3n) is 4.31. The standard InChI is InChI=1S/C21H21NO2S/c1-13-6-5-7-17(10-13)12-22-20(23)19(25-21(22)24)11-18-15(3)8-14(2)9-16(18)4/h5-11H,12H2,1-4H3/b19-11-. The Morgan fingerprint density at radius 3 is 2.28 bits per heavy atom. The number of carbonyl (C=O) groups excluding carboxylic acids is 2. The fourth-order valence-corrected chi connectivity index (χ4v) is 4.00. The lowest BCUT2D eigenvalue weighted by atomic mass is 9.99. The highest BCUT2D eigenvalue weighted by atomic mass is 32.2. The summed E-state index contributed by atoms with van der Waals surface area (Å²) in [4.78, 5) is 26.9. The zero-order valence-corrected chi connectivity index (χ0v) is 15.7. The van der Waals surface area contributed by atoms with Gasteiger partial charge in [-0.15, -0.1) is 0 Å². The van der Waals surface area contributed by atoms with Gasteiger partial charge in [0.15, 0.2) is 0 Å². The van der Waals surface area contributed by atoms with Crippen molar-refractivity contribution in [1.82, 2.24) is 4.90 Å². The van der Waals surface area contributed by atoms with Crippen molar-refractivity contribution in [3.05, 3.63) is 74.7 Å². The van der Waals surface area contributed by atoms with Gasteiger partial charge < -0.3 is 0 Å². The highest BCUT2D eigenvalue weighted by Gasteiger charge is 2.35. The third-order valence-corrected chi connectivity index (χ3v) is 5.22. The second kappa shape index (κ2) is 6.89. The van der Waals surface area contributed by atoms with Gasteiger partial charge in [-0.25, -0.2) is 0 Å². The van der Waals surface area contributed by atoms with Crippen LogP contribution in [-0.2, 0) is 11.3 Å². The summed E-state index contributed by atoms with van der Waals surface area (Å²) in [6, 6.07) is 12.1. The van der Waals surface area contributed by atoms with Crippen LogP contribution in [-0.4, -0.2) is 16.0 Å². The van der Waals surface area contributed by atoms with E-state index in [4.69, 9.17) is 0 Å². The van der Waals surface area contributed by atoms with Gasteiger partial charge in [0.05, 0.1) is 11.4 Å². The number of aryl methyl sites for hydroxylation is 4. The molecular formula is C21H21NO2S. The van der Waals surface area contributed by atoms with E-state index < -0.39 is 0 Å². The van der Waals surface area contributed by atoms with Crippen molar-refractivity contribution < 1.29 is 9.59 Å². The molecule has 1 fully saturated rings. The van der Waals surface area contributed by atoms with E-state index in [1.807, 2.05) is 51.1 Å². The first-order valence-corrected chi connectivity index (χ1v) is 9.05. The minimum atomic E-state index is -0.212. The molecule has 0 aromatic heterocycles. The molecule has 2 amide bonds. The monoisotopic (exact) mass is 351 g/mol. The van der Waals surface area contributed by atoms with Crippen LogP contribution in [0, 0.1) is 27.7 Å². The van der Waals surface area contributed by atoms with Crippen LogP contribution in [0.3, 0.4) is 0 Å². The maximum absolute atomic E-state index is 12.7. The SMILES string of the molecule is Cc1cccc(CN2C(=O)S/C(=C\c3c(C)cc(C)cc3C)C2=O)c1. The van der Waals surface area contributed by atoms with E-state index >= 15 is 0 Å². The summed E-state index contributed by atoms with van der Waals surface area (Å²) in [5.74, 6) is -0.212. The van der Waals surface area contributed by atoms with Gasteiger partial charge in [0, 0.05) is 0 Å². The summed E-state index contributed by atoms with van der Waals surface area (Å²) < 4.78 is 0. The van der Waals surface area contributed by atoms with E-state index in [2.05, 4.69) is 19.1 Å². The second-order valence-electron chi connectivity index (χ2n) is 6.57. The van der Waals surface area contributed by atoms with Crippen molar-refractivity contribution in [3.63, 3.8) is 0 Å². The van der Waals surface area contributed by atoms with E-state index in [9.17, 15) is 9.59 Å². The molecule has 3 nitrogen and oxygen atoms in total. The molecule has 0 saturated carbocycles. The molecule has 1 heterocycles. The van der Waals surface area contributed by atoms with E-state index in [-0.39, 0.29) is 11.1 Å². The smallest absolute Gasteiger partial charge is 0.268 e. The van der Waals surface area contributed by atoms with Gasteiger partial charge >= 0.3 is 0 Å². The van der Waals surface area contributed by atoms with Gasteiger partial charge in [-0.3, -0.25) is 14.5 Å².